The largest absolute Gasteiger partial charge is 0.469 e. The minimum Gasteiger partial charge on any atom is -0.469 e. The van der Waals surface area contributed by atoms with Crippen LogP contribution in [0.1, 0.15) is 54.6 Å². The summed E-state index contributed by atoms with van der Waals surface area (Å²) < 4.78 is 5.28. The second-order valence-electron chi connectivity index (χ2n) is 5.43. The summed E-state index contributed by atoms with van der Waals surface area (Å²) in [7, 11) is 0. The quantitative estimate of drug-likeness (QED) is 0.869. The van der Waals surface area contributed by atoms with Gasteiger partial charge in [0.1, 0.15) is 5.76 Å². The van der Waals surface area contributed by atoms with Crippen molar-refractivity contribution in [1.82, 2.24) is 0 Å². The summed E-state index contributed by atoms with van der Waals surface area (Å²) in [4.78, 5) is 0. The first-order valence-electron chi connectivity index (χ1n) is 7.13. The maximum Gasteiger partial charge on any atom is 0.103 e. The lowest BCUT2D eigenvalue weighted by Crippen LogP contribution is -2.08. The van der Waals surface area contributed by atoms with Crippen LogP contribution in [0.25, 0.3) is 0 Å². The third kappa shape index (κ3) is 2.90. The van der Waals surface area contributed by atoms with E-state index in [1.807, 2.05) is 12.1 Å². The molecule has 2 nitrogen and oxygen atoms in total. The highest BCUT2D eigenvalue weighted by Gasteiger charge is 2.19. The molecule has 1 aromatic carbocycles. The summed E-state index contributed by atoms with van der Waals surface area (Å²) in [6.07, 6.45) is 6.75. The Morgan fingerprint density at radius 3 is 2.53 bits per heavy atom. The number of aliphatic hydroxyl groups excluding tert-OH is 1. The van der Waals surface area contributed by atoms with E-state index in [-0.39, 0.29) is 0 Å². The highest BCUT2D eigenvalue weighted by molar-refractivity contribution is 5.27. The molecule has 3 rings (SSSR count). The van der Waals surface area contributed by atoms with E-state index in [1.54, 1.807) is 6.26 Å². The van der Waals surface area contributed by atoms with Crippen LogP contribution in [-0.4, -0.2) is 5.11 Å². The summed E-state index contributed by atoms with van der Waals surface area (Å²) in [6.45, 7) is 0. The van der Waals surface area contributed by atoms with Crippen molar-refractivity contribution >= 4 is 0 Å². The van der Waals surface area contributed by atoms with Gasteiger partial charge >= 0.3 is 0 Å². The molecule has 19 heavy (non-hydrogen) atoms. The van der Waals surface area contributed by atoms with Gasteiger partial charge in [-0.05, 0) is 48.4 Å². The number of hydrogen-bond donors (Lipinski definition) is 1. The molecule has 1 fully saturated rings. The molecule has 0 saturated heterocycles. The Balaban J connectivity index is 1.58. The van der Waals surface area contributed by atoms with Gasteiger partial charge < -0.3 is 9.52 Å². The number of benzene rings is 1. The molecule has 1 aliphatic carbocycles. The number of hydrogen-bond acceptors (Lipinski definition) is 2. The fourth-order valence-electron chi connectivity index (χ4n) is 2.63. The summed E-state index contributed by atoms with van der Waals surface area (Å²) in [5.41, 5.74) is 2.43. The summed E-state index contributed by atoms with van der Waals surface area (Å²) in [5.74, 6) is 1.69. The van der Waals surface area contributed by atoms with Crippen LogP contribution in [0.3, 0.4) is 0 Å². The van der Waals surface area contributed by atoms with E-state index in [0.717, 1.165) is 23.7 Å². The molecule has 1 heterocycles. The molecule has 1 saturated carbocycles. The van der Waals surface area contributed by atoms with Crippen molar-refractivity contribution in [2.45, 2.75) is 44.1 Å². The van der Waals surface area contributed by atoms with Crippen molar-refractivity contribution in [2.24, 2.45) is 0 Å². The van der Waals surface area contributed by atoms with Gasteiger partial charge in [-0.25, -0.2) is 0 Å². The van der Waals surface area contributed by atoms with E-state index >= 15 is 0 Å². The van der Waals surface area contributed by atoms with E-state index in [0.29, 0.717) is 6.42 Å². The van der Waals surface area contributed by atoms with Crippen molar-refractivity contribution in [1.29, 1.82) is 0 Å². The average Bonchev–Trinajstić information content (AvgIpc) is 2.88. The molecule has 0 aliphatic heterocycles. The second kappa shape index (κ2) is 5.62. The van der Waals surface area contributed by atoms with Crippen LogP contribution in [0.5, 0.6) is 0 Å². The lowest BCUT2D eigenvalue weighted by Gasteiger charge is -2.26. The molecule has 1 aromatic heterocycles. The molecule has 0 bridgehead atoms. The minimum atomic E-state index is -0.402. The third-order valence-electron chi connectivity index (χ3n) is 4.14. The maximum atomic E-state index is 10.2. The van der Waals surface area contributed by atoms with Crippen molar-refractivity contribution in [3.05, 3.63) is 59.5 Å². The van der Waals surface area contributed by atoms with Crippen molar-refractivity contribution < 1.29 is 9.52 Å². The van der Waals surface area contributed by atoms with Crippen LogP contribution in [0.4, 0.5) is 0 Å². The third-order valence-corrected chi connectivity index (χ3v) is 4.14. The van der Waals surface area contributed by atoms with Crippen LogP contribution >= 0.6 is 0 Å². The molecule has 100 valence electrons. The van der Waals surface area contributed by atoms with E-state index in [1.165, 1.54) is 24.8 Å². The number of aliphatic hydroxyl groups is 1. The Morgan fingerprint density at radius 2 is 1.95 bits per heavy atom. The van der Waals surface area contributed by atoms with Crippen LogP contribution in [0.15, 0.2) is 47.1 Å². The fraction of sp³-hybridized carbons (Fsp3) is 0.412. The van der Waals surface area contributed by atoms with Gasteiger partial charge in [-0.1, -0.05) is 30.7 Å². The van der Waals surface area contributed by atoms with Gasteiger partial charge in [-0.15, -0.1) is 0 Å². The van der Waals surface area contributed by atoms with Crippen LogP contribution < -0.4 is 0 Å². The Labute approximate surface area is 114 Å². The van der Waals surface area contributed by atoms with Crippen molar-refractivity contribution in [2.75, 3.05) is 0 Å². The predicted molar refractivity (Wildman–Crippen MR) is 75.0 cm³/mol. The van der Waals surface area contributed by atoms with Gasteiger partial charge in [0.2, 0.25) is 0 Å². The molecule has 0 spiro atoms. The minimum absolute atomic E-state index is 0.402. The molecule has 2 aromatic rings. The van der Waals surface area contributed by atoms with Gasteiger partial charge in [-0.3, -0.25) is 0 Å². The highest BCUT2D eigenvalue weighted by Crippen LogP contribution is 2.36. The Bertz CT molecular complexity index is 495. The SMILES string of the molecule is OC(CCc1ccco1)c1ccc(C2CCC2)cc1. The molecule has 1 atom stereocenters. The predicted octanol–water partition coefficient (Wildman–Crippen LogP) is 4.21. The molecular formula is C17H20O2. The molecule has 0 radical (unpaired) electrons. The van der Waals surface area contributed by atoms with E-state index in [9.17, 15) is 5.11 Å². The zero-order chi connectivity index (χ0) is 13.1. The van der Waals surface area contributed by atoms with Crippen LogP contribution in [0.2, 0.25) is 0 Å². The van der Waals surface area contributed by atoms with E-state index in [4.69, 9.17) is 4.42 Å². The number of rotatable bonds is 5. The molecule has 0 amide bonds. The Kier molecular flexibility index (Phi) is 3.69. The molecule has 1 N–H and O–H groups in total. The van der Waals surface area contributed by atoms with Gasteiger partial charge in [0.15, 0.2) is 0 Å². The number of furan rings is 1. The first-order valence-corrected chi connectivity index (χ1v) is 7.13. The zero-order valence-electron chi connectivity index (χ0n) is 11.1. The normalized spacial score (nSPS) is 17.1. The topological polar surface area (TPSA) is 33.4 Å². The van der Waals surface area contributed by atoms with Crippen LogP contribution in [0, 0.1) is 0 Å². The maximum absolute atomic E-state index is 10.2. The lowest BCUT2D eigenvalue weighted by atomic mass is 9.80. The van der Waals surface area contributed by atoms with Crippen molar-refractivity contribution in [3.63, 3.8) is 0 Å². The Morgan fingerprint density at radius 1 is 1.16 bits per heavy atom. The monoisotopic (exact) mass is 256 g/mol. The molecule has 2 heteroatoms. The van der Waals surface area contributed by atoms with Crippen LogP contribution in [-0.2, 0) is 6.42 Å². The zero-order valence-corrected chi connectivity index (χ0v) is 11.1. The summed E-state index contributed by atoms with van der Waals surface area (Å²) >= 11 is 0. The van der Waals surface area contributed by atoms with Gasteiger partial charge in [-0.2, -0.15) is 0 Å². The first kappa shape index (κ1) is 12.5. The standard InChI is InChI=1S/C17H20O2/c18-17(11-10-16-5-2-12-19-16)15-8-6-14(7-9-15)13-3-1-4-13/h2,5-9,12-13,17-18H,1,3-4,10-11H2. The number of aryl methyl sites for hydroxylation is 1. The molecular weight excluding hydrogens is 236 g/mol. The van der Waals surface area contributed by atoms with E-state index in [2.05, 4.69) is 24.3 Å². The molecule has 1 unspecified atom stereocenters. The summed E-state index contributed by atoms with van der Waals surface area (Å²) in [6, 6.07) is 12.3. The smallest absolute Gasteiger partial charge is 0.103 e. The van der Waals surface area contributed by atoms with Gasteiger partial charge in [0, 0.05) is 6.42 Å². The average molecular weight is 256 g/mol. The van der Waals surface area contributed by atoms with Crippen molar-refractivity contribution in [3.8, 4) is 0 Å². The van der Waals surface area contributed by atoms with Gasteiger partial charge in [0.05, 0.1) is 12.4 Å². The summed E-state index contributed by atoms with van der Waals surface area (Å²) in [5, 5.41) is 10.2. The Hall–Kier alpha value is -1.54. The fourth-order valence-corrected chi connectivity index (χ4v) is 2.63. The highest BCUT2D eigenvalue weighted by atomic mass is 16.3. The molecule has 1 aliphatic rings. The second-order valence-corrected chi connectivity index (χ2v) is 5.43. The lowest BCUT2D eigenvalue weighted by molar-refractivity contribution is 0.165. The first-order chi connectivity index (χ1) is 9.33. The van der Waals surface area contributed by atoms with E-state index < -0.39 is 6.10 Å². The van der Waals surface area contributed by atoms with Gasteiger partial charge in [0.25, 0.3) is 0 Å².